The van der Waals surface area contributed by atoms with Gasteiger partial charge in [-0.2, -0.15) is 11.8 Å². The Morgan fingerprint density at radius 1 is 1.62 bits per heavy atom. The van der Waals surface area contributed by atoms with E-state index in [0.29, 0.717) is 12.3 Å². The second-order valence-electron chi connectivity index (χ2n) is 2.60. The molecule has 1 atom stereocenters. The first-order valence-electron chi connectivity index (χ1n) is 4.37. The zero-order valence-corrected chi connectivity index (χ0v) is 8.64. The third-order valence-electron chi connectivity index (χ3n) is 1.48. The van der Waals surface area contributed by atoms with Crippen molar-refractivity contribution in [1.29, 1.82) is 0 Å². The molecule has 5 heteroatoms. The van der Waals surface area contributed by atoms with E-state index in [9.17, 15) is 4.79 Å². The van der Waals surface area contributed by atoms with E-state index >= 15 is 0 Å². The Morgan fingerprint density at radius 3 is 2.77 bits per heavy atom. The molecule has 0 saturated heterocycles. The van der Waals surface area contributed by atoms with Gasteiger partial charge in [-0.15, -0.1) is 0 Å². The summed E-state index contributed by atoms with van der Waals surface area (Å²) in [7, 11) is 0. The van der Waals surface area contributed by atoms with Gasteiger partial charge in [0.15, 0.2) is 0 Å². The topological polar surface area (TPSA) is 69.6 Å². The van der Waals surface area contributed by atoms with Crippen LogP contribution in [0.25, 0.3) is 0 Å². The minimum absolute atomic E-state index is 0.173. The minimum atomic E-state index is -0.807. The molecule has 3 N–H and O–H groups in total. The lowest BCUT2D eigenvalue weighted by Crippen LogP contribution is -2.38. The lowest BCUT2D eigenvalue weighted by Gasteiger charge is -2.11. The summed E-state index contributed by atoms with van der Waals surface area (Å²) in [4.78, 5) is 10.6. The molecular weight excluding hydrogens is 190 g/mol. The number of rotatable bonds is 8. The van der Waals surface area contributed by atoms with Crippen LogP contribution in [0.15, 0.2) is 0 Å². The van der Waals surface area contributed by atoms with Crippen molar-refractivity contribution in [3.8, 4) is 0 Å². The van der Waals surface area contributed by atoms with Crippen molar-refractivity contribution in [3.05, 3.63) is 0 Å². The maximum Gasteiger partial charge on any atom is 0.321 e. The molecule has 0 bridgehead atoms. The number of aliphatic carboxylic acids is 1. The summed E-state index contributed by atoms with van der Waals surface area (Å²) >= 11 is 1.55. The summed E-state index contributed by atoms with van der Waals surface area (Å²) < 4.78 is 0. The Morgan fingerprint density at radius 2 is 2.31 bits per heavy atom. The molecule has 0 amide bonds. The summed E-state index contributed by atoms with van der Waals surface area (Å²) in [6, 6.07) is -0.464. The van der Waals surface area contributed by atoms with Gasteiger partial charge < -0.3 is 15.5 Å². The first-order chi connectivity index (χ1) is 6.22. The highest BCUT2D eigenvalue weighted by molar-refractivity contribution is 7.99. The fourth-order valence-corrected chi connectivity index (χ4v) is 1.83. The van der Waals surface area contributed by atoms with Crippen molar-refractivity contribution in [3.63, 3.8) is 0 Å². The van der Waals surface area contributed by atoms with Crippen molar-refractivity contribution < 1.29 is 15.0 Å². The molecule has 0 aliphatic carbocycles. The van der Waals surface area contributed by atoms with Crippen LogP contribution in [-0.4, -0.2) is 46.9 Å². The summed E-state index contributed by atoms with van der Waals surface area (Å²) in [6.45, 7) is 2.72. The van der Waals surface area contributed by atoms with E-state index in [-0.39, 0.29) is 6.61 Å². The molecule has 78 valence electrons. The number of likely N-dealkylation sites (N-methyl/N-ethyl adjacent to an activating group) is 1. The molecule has 0 aromatic rings. The third-order valence-corrected chi connectivity index (χ3v) is 2.63. The van der Waals surface area contributed by atoms with Crippen LogP contribution < -0.4 is 5.32 Å². The number of carboxylic acid groups (broad SMARTS) is 1. The highest BCUT2D eigenvalue weighted by Crippen LogP contribution is 2.04. The highest BCUT2D eigenvalue weighted by atomic mass is 32.2. The van der Waals surface area contributed by atoms with Crippen LogP contribution >= 0.6 is 11.8 Å². The normalized spacial score (nSPS) is 12.8. The van der Waals surface area contributed by atoms with Gasteiger partial charge in [0.25, 0.3) is 0 Å². The number of carbonyl (C=O) groups is 1. The summed E-state index contributed by atoms with van der Waals surface area (Å²) in [6.07, 6.45) is 0.725. The monoisotopic (exact) mass is 207 g/mol. The van der Waals surface area contributed by atoms with Gasteiger partial charge in [-0.05, 0) is 18.7 Å². The van der Waals surface area contributed by atoms with Crippen molar-refractivity contribution in [2.24, 2.45) is 0 Å². The number of thioether (sulfide) groups is 1. The molecular formula is C8H17NO3S. The maximum absolute atomic E-state index is 10.6. The van der Waals surface area contributed by atoms with Crippen LogP contribution in [0.1, 0.15) is 13.3 Å². The molecule has 1 unspecified atom stereocenters. The number of aliphatic hydroxyl groups excluding tert-OH is 1. The van der Waals surface area contributed by atoms with Crippen molar-refractivity contribution in [1.82, 2.24) is 5.32 Å². The predicted molar refractivity (Wildman–Crippen MR) is 54.1 cm³/mol. The van der Waals surface area contributed by atoms with E-state index in [4.69, 9.17) is 10.2 Å². The number of hydrogen-bond acceptors (Lipinski definition) is 4. The first kappa shape index (κ1) is 12.7. The van der Waals surface area contributed by atoms with Crippen LogP contribution in [0, 0.1) is 0 Å². The van der Waals surface area contributed by atoms with Gasteiger partial charge in [0.1, 0.15) is 6.04 Å². The van der Waals surface area contributed by atoms with Gasteiger partial charge in [-0.25, -0.2) is 0 Å². The molecule has 13 heavy (non-hydrogen) atoms. The van der Waals surface area contributed by atoms with Crippen molar-refractivity contribution in [2.75, 3.05) is 24.7 Å². The molecule has 0 aliphatic rings. The molecule has 0 aromatic heterocycles. The van der Waals surface area contributed by atoms with Crippen LogP contribution in [0.3, 0.4) is 0 Å². The average Bonchev–Trinajstić information content (AvgIpc) is 2.10. The zero-order chi connectivity index (χ0) is 10.1. The van der Waals surface area contributed by atoms with Crippen LogP contribution in [-0.2, 0) is 4.79 Å². The van der Waals surface area contributed by atoms with Crippen molar-refractivity contribution >= 4 is 17.7 Å². The number of carboxylic acids is 1. The lowest BCUT2D eigenvalue weighted by molar-refractivity contribution is -0.138. The number of hydrogen-bond donors (Lipinski definition) is 3. The average molecular weight is 207 g/mol. The number of nitrogens with one attached hydrogen (secondary N) is 1. The second kappa shape index (κ2) is 8.34. The van der Waals surface area contributed by atoms with Gasteiger partial charge in [-0.1, -0.05) is 6.92 Å². The molecule has 0 radical (unpaired) electrons. The van der Waals surface area contributed by atoms with E-state index < -0.39 is 12.0 Å². The highest BCUT2D eigenvalue weighted by Gasteiger charge is 2.14. The van der Waals surface area contributed by atoms with Gasteiger partial charge >= 0.3 is 5.97 Å². The van der Waals surface area contributed by atoms with Gasteiger partial charge in [0.2, 0.25) is 0 Å². The molecule has 0 fully saturated rings. The molecule has 0 aliphatic heterocycles. The standard InChI is InChI=1S/C8H17NO3S/c1-2-9-7(8(11)12)6-13-5-3-4-10/h7,9-10H,2-6H2,1H3,(H,11,12). The quantitative estimate of drug-likeness (QED) is 0.495. The Bertz CT molecular complexity index is 143. The molecule has 4 nitrogen and oxygen atoms in total. The summed E-state index contributed by atoms with van der Waals surface area (Å²) in [5, 5.41) is 20.1. The first-order valence-corrected chi connectivity index (χ1v) is 5.52. The van der Waals surface area contributed by atoms with E-state index in [0.717, 1.165) is 12.2 Å². The molecule has 0 aromatic carbocycles. The fraction of sp³-hybridized carbons (Fsp3) is 0.875. The van der Waals surface area contributed by atoms with Crippen LogP contribution in [0.5, 0.6) is 0 Å². The SMILES string of the molecule is CCNC(CSCCCO)C(=O)O. The molecule has 0 saturated carbocycles. The fourth-order valence-electron chi connectivity index (χ4n) is 0.832. The van der Waals surface area contributed by atoms with Crippen LogP contribution in [0.4, 0.5) is 0 Å². The Balaban J connectivity index is 3.51. The Labute approximate surface area is 82.7 Å². The van der Waals surface area contributed by atoms with E-state index in [1.54, 1.807) is 11.8 Å². The van der Waals surface area contributed by atoms with Gasteiger partial charge in [0, 0.05) is 12.4 Å². The lowest BCUT2D eigenvalue weighted by atomic mass is 10.3. The number of aliphatic hydroxyl groups is 1. The zero-order valence-electron chi connectivity index (χ0n) is 7.82. The summed E-state index contributed by atoms with van der Waals surface area (Å²) in [5.41, 5.74) is 0. The molecule has 0 heterocycles. The van der Waals surface area contributed by atoms with Crippen LogP contribution in [0.2, 0.25) is 0 Å². The van der Waals surface area contributed by atoms with E-state index in [1.165, 1.54) is 0 Å². The third kappa shape index (κ3) is 6.86. The van der Waals surface area contributed by atoms with E-state index in [1.807, 2.05) is 6.92 Å². The minimum Gasteiger partial charge on any atom is -0.480 e. The Hall–Kier alpha value is -0.260. The molecule has 0 spiro atoms. The second-order valence-corrected chi connectivity index (χ2v) is 3.75. The van der Waals surface area contributed by atoms with Gasteiger partial charge in [-0.3, -0.25) is 4.79 Å². The van der Waals surface area contributed by atoms with Crippen molar-refractivity contribution in [2.45, 2.75) is 19.4 Å². The summed E-state index contributed by atoms with van der Waals surface area (Å²) in [5.74, 6) is 0.563. The van der Waals surface area contributed by atoms with Gasteiger partial charge in [0.05, 0.1) is 0 Å². The predicted octanol–water partition coefficient (Wildman–Crippen LogP) is 0.165. The largest absolute Gasteiger partial charge is 0.480 e. The molecule has 0 rings (SSSR count). The Kier molecular flexibility index (Phi) is 8.18. The maximum atomic E-state index is 10.6. The van der Waals surface area contributed by atoms with E-state index in [2.05, 4.69) is 5.32 Å². The smallest absolute Gasteiger partial charge is 0.321 e.